The number of para-hydroxylation sites is 1. The Morgan fingerprint density at radius 3 is 2.59 bits per heavy atom. The number of amides is 2. The van der Waals surface area contributed by atoms with Crippen LogP contribution in [0.5, 0.6) is 5.75 Å². The Hall–Kier alpha value is -2.88. The zero-order chi connectivity index (χ0) is 21.0. The lowest BCUT2D eigenvalue weighted by molar-refractivity contribution is -0.139. The Morgan fingerprint density at radius 2 is 1.90 bits per heavy atom. The van der Waals surface area contributed by atoms with E-state index in [1.807, 2.05) is 0 Å². The number of nitrogens with zero attached hydrogens (tertiary/aromatic N) is 1. The molecule has 3 rings (SSSR count). The quantitative estimate of drug-likeness (QED) is 0.516. The molecular weight excluding hydrogens is 436 g/mol. The van der Waals surface area contributed by atoms with Crippen molar-refractivity contribution >= 4 is 63.8 Å². The molecule has 1 aliphatic heterocycles. The lowest BCUT2D eigenvalue weighted by Crippen LogP contribution is -2.44. The minimum absolute atomic E-state index is 0.160. The molecule has 0 atom stereocenters. The minimum atomic E-state index is -1.11. The number of hydrogen-bond donors (Lipinski definition) is 2. The average molecular weight is 449 g/mol. The van der Waals surface area contributed by atoms with Gasteiger partial charge >= 0.3 is 5.97 Å². The van der Waals surface area contributed by atoms with Gasteiger partial charge in [0.2, 0.25) is 0 Å². The lowest BCUT2D eigenvalue weighted by atomic mass is 10.2. The number of thioether (sulfide) groups is 1. The molecule has 2 N–H and O–H groups in total. The number of nitrogens with one attached hydrogen (secondary N) is 1. The number of aliphatic carboxylic acids is 1. The van der Waals surface area contributed by atoms with Crippen molar-refractivity contribution in [1.82, 2.24) is 10.4 Å². The van der Waals surface area contributed by atoms with Gasteiger partial charge in [0.05, 0.1) is 4.91 Å². The standard InChI is InChI=1S/C19H13ClN2O5S2/c20-13-7-5-11(6-8-13)17(25)21-22-18(26)15(29-19(22)28)9-12-3-1-2-4-14(12)27-10-16(23)24/h1-9H,10H2,(H,21,25)(H,23,24). The van der Waals surface area contributed by atoms with Crippen LogP contribution in [-0.2, 0) is 9.59 Å². The summed E-state index contributed by atoms with van der Waals surface area (Å²) in [7, 11) is 0. The molecule has 1 saturated heterocycles. The summed E-state index contributed by atoms with van der Waals surface area (Å²) in [6.07, 6.45) is 1.53. The molecule has 148 valence electrons. The number of ether oxygens (including phenoxy) is 1. The highest BCUT2D eigenvalue weighted by Crippen LogP contribution is 2.33. The summed E-state index contributed by atoms with van der Waals surface area (Å²) in [5.41, 5.74) is 3.31. The molecule has 0 unspecified atom stereocenters. The number of halogens is 1. The van der Waals surface area contributed by atoms with E-state index < -0.39 is 24.4 Å². The molecule has 0 bridgehead atoms. The van der Waals surface area contributed by atoms with Crippen LogP contribution >= 0.6 is 35.6 Å². The second-order valence-electron chi connectivity index (χ2n) is 5.69. The molecule has 0 saturated carbocycles. The number of carbonyl (C=O) groups is 3. The molecule has 29 heavy (non-hydrogen) atoms. The number of benzene rings is 2. The van der Waals surface area contributed by atoms with Crippen molar-refractivity contribution in [2.24, 2.45) is 0 Å². The number of carbonyl (C=O) groups excluding carboxylic acids is 2. The largest absolute Gasteiger partial charge is 0.481 e. The van der Waals surface area contributed by atoms with Crippen LogP contribution in [-0.4, -0.2) is 38.8 Å². The summed E-state index contributed by atoms with van der Waals surface area (Å²) < 4.78 is 5.40. The van der Waals surface area contributed by atoms with Crippen LogP contribution in [0.4, 0.5) is 0 Å². The highest BCUT2D eigenvalue weighted by Gasteiger charge is 2.34. The topological polar surface area (TPSA) is 95.9 Å². The molecule has 2 aromatic rings. The van der Waals surface area contributed by atoms with Crippen molar-refractivity contribution in [1.29, 1.82) is 0 Å². The second-order valence-corrected chi connectivity index (χ2v) is 7.80. The molecule has 0 aromatic heterocycles. The SMILES string of the molecule is O=C(O)COc1ccccc1C=C1SC(=S)N(NC(=O)c2ccc(Cl)cc2)C1=O. The van der Waals surface area contributed by atoms with E-state index in [2.05, 4.69) is 5.43 Å². The number of rotatable bonds is 6. The van der Waals surface area contributed by atoms with Gasteiger partial charge in [-0.2, -0.15) is 5.01 Å². The molecule has 0 aliphatic carbocycles. The highest BCUT2D eigenvalue weighted by atomic mass is 35.5. The third-order valence-electron chi connectivity index (χ3n) is 3.67. The van der Waals surface area contributed by atoms with Gasteiger partial charge in [-0.1, -0.05) is 41.6 Å². The highest BCUT2D eigenvalue weighted by molar-refractivity contribution is 8.26. The van der Waals surface area contributed by atoms with Crippen molar-refractivity contribution in [2.45, 2.75) is 0 Å². The Morgan fingerprint density at radius 1 is 1.21 bits per heavy atom. The first-order valence-electron chi connectivity index (χ1n) is 8.13. The van der Waals surface area contributed by atoms with Gasteiger partial charge < -0.3 is 9.84 Å². The van der Waals surface area contributed by atoms with Crippen LogP contribution in [0.15, 0.2) is 53.4 Å². The molecule has 2 amide bonds. The fraction of sp³-hybridized carbons (Fsp3) is 0.0526. The molecule has 10 heteroatoms. The average Bonchev–Trinajstić information content (AvgIpc) is 2.95. The minimum Gasteiger partial charge on any atom is -0.481 e. The first kappa shape index (κ1) is 20.8. The zero-order valence-corrected chi connectivity index (χ0v) is 17.0. The van der Waals surface area contributed by atoms with Crippen LogP contribution in [0.25, 0.3) is 6.08 Å². The van der Waals surface area contributed by atoms with E-state index in [1.165, 1.54) is 18.2 Å². The molecule has 7 nitrogen and oxygen atoms in total. The van der Waals surface area contributed by atoms with Gasteiger partial charge in [-0.25, -0.2) is 4.79 Å². The monoisotopic (exact) mass is 448 g/mol. The van der Waals surface area contributed by atoms with E-state index in [1.54, 1.807) is 36.4 Å². The summed E-state index contributed by atoms with van der Waals surface area (Å²) in [6.45, 7) is -0.511. The maximum atomic E-state index is 12.7. The van der Waals surface area contributed by atoms with Crippen LogP contribution in [0.1, 0.15) is 15.9 Å². The van der Waals surface area contributed by atoms with Gasteiger partial charge in [0.25, 0.3) is 11.8 Å². The number of carboxylic acid groups (broad SMARTS) is 1. The fourth-order valence-corrected chi connectivity index (χ4v) is 3.64. The van der Waals surface area contributed by atoms with Crippen LogP contribution in [0, 0.1) is 0 Å². The van der Waals surface area contributed by atoms with Crippen LogP contribution in [0.3, 0.4) is 0 Å². The summed E-state index contributed by atoms with van der Waals surface area (Å²) in [4.78, 5) is 36.1. The van der Waals surface area contributed by atoms with Crippen molar-refractivity contribution in [3.63, 3.8) is 0 Å². The predicted molar refractivity (Wildman–Crippen MR) is 114 cm³/mol. The van der Waals surface area contributed by atoms with Gasteiger partial charge in [-0.05, 0) is 48.6 Å². The first-order valence-corrected chi connectivity index (χ1v) is 9.73. The van der Waals surface area contributed by atoms with E-state index in [-0.39, 0.29) is 9.23 Å². The molecule has 1 heterocycles. The Kier molecular flexibility index (Phi) is 6.53. The van der Waals surface area contributed by atoms with Crippen molar-refractivity contribution < 1.29 is 24.2 Å². The smallest absolute Gasteiger partial charge is 0.341 e. The number of hydrazine groups is 1. The van der Waals surface area contributed by atoms with Gasteiger partial charge in [0.15, 0.2) is 10.9 Å². The fourth-order valence-electron chi connectivity index (χ4n) is 2.34. The van der Waals surface area contributed by atoms with E-state index in [4.69, 9.17) is 33.7 Å². The third-order valence-corrected chi connectivity index (χ3v) is 5.22. The number of hydrogen-bond acceptors (Lipinski definition) is 6. The molecule has 1 fully saturated rings. The summed E-state index contributed by atoms with van der Waals surface area (Å²) in [5, 5.41) is 10.3. The molecule has 0 spiro atoms. The van der Waals surface area contributed by atoms with Crippen molar-refractivity contribution in [3.8, 4) is 5.75 Å². The second kappa shape index (κ2) is 9.08. The summed E-state index contributed by atoms with van der Waals surface area (Å²) in [5.74, 6) is -1.82. The maximum Gasteiger partial charge on any atom is 0.341 e. The van der Waals surface area contributed by atoms with E-state index >= 15 is 0 Å². The molecular formula is C19H13ClN2O5S2. The van der Waals surface area contributed by atoms with Gasteiger partial charge in [0.1, 0.15) is 5.75 Å². The summed E-state index contributed by atoms with van der Waals surface area (Å²) in [6, 6.07) is 12.9. The third kappa shape index (κ3) is 5.14. The van der Waals surface area contributed by atoms with Gasteiger partial charge in [-0.3, -0.25) is 15.0 Å². The molecule has 0 radical (unpaired) electrons. The lowest BCUT2D eigenvalue weighted by Gasteiger charge is -2.15. The Bertz CT molecular complexity index is 1020. The number of thiocarbonyl (C=S) groups is 1. The van der Waals surface area contributed by atoms with E-state index in [9.17, 15) is 14.4 Å². The normalized spacial score (nSPS) is 14.9. The van der Waals surface area contributed by atoms with E-state index in [0.717, 1.165) is 16.8 Å². The Balaban J connectivity index is 1.77. The van der Waals surface area contributed by atoms with Gasteiger partial charge in [0, 0.05) is 16.1 Å². The predicted octanol–water partition coefficient (Wildman–Crippen LogP) is 3.35. The van der Waals surface area contributed by atoms with Crippen molar-refractivity contribution in [3.05, 3.63) is 69.6 Å². The molecule has 2 aromatic carbocycles. The molecule has 1 aliphatic rings. The van der Waals surface area contributed by atoms with Crippen LogP contribution in [0.2, 0.25) is 5.02 Å². The van der Waals surface area contributed by atoms with E-state index in [0.29, 0.717) is 21.9 Å². The van der Waals surface area contributed by atoms with Crippen LogP contribution < -0.4 is 10.2 Å². The zero-order valence-electron chi connectivity index (χ0n) is 14.6. The first-order chi connectivity index (χ1) is 13.8. The van der Waals surface area contributed by atoms with Crippen molar-refractivity contribution in [2.75, 3.05) is 6.61 Å². The Labute approximate surface area is 180 Å². The number of carboxylic acids is 1. The summed E-state index contributed by atoms with van der Waals surface area (Å²) >= 11 is 12.0. The maximum absolute atomic E-state index is 12.7. The van der Waals surface area contributed by atoms with Gasteiger partial charge in [-0.15, -0.1) is 0 Å².